The van der Waals surface area contributed by atoms with Crippen LogP contribution in [0, 0.1) is 0 Å². The van der Waals surface area contributed by atoms with Crippen molar-refractivity contribution in [2.45, 2.75) is 12.2 Å². The molecule has 2 atom stereocenters. The van der Waals surface area contributed by atoms with E-state index in [9.17, 15) is 0 Å². The highest BCUT2D eigenvalue weighted by molar-refractivity contribution is 4.68. The Hall–Kier alpha value is -0.160. The van der Waals surface area contributed by atoms with E-state index in [-0.39, 0.29) is 20.0 Å². The van der Waals surface area contributed by atoms with Crippen molar-refractivity contribution in [1.82, 2.24) is 0 Å². The lowest BCUT2D eigenvalue weighted by molar-refractivity contribution is -0.202. The van der Waals surface area contributed by atoms with E-state index in [0.717, 1.165) is 0 Å². The zero-order valence-electron chi connectivity index (χ0n) is 4.99. The Morgan fingerprint density at radius 3 is 2.78 bits per heavy atom. The Bertz CT molecular complexity index is 85.0. The first kappa shape index (κ1) is 6.95. The van der Waals surface area contributed by atoms with E-state index in [1.165, 1.54) is 0 Å². The zero-order valence-corrected chi connectivity index (χ0v) is 4.99. The van der Waals surface area contributed by atoms with Crippen molar-refractivity contribution < 1.29 is 19.7 Å². The van der Waals surface area contributed by atoms with Gasteiger partial charge in [-0.25, -0.2) is 0 Å². The van der Waals surface area contributed by atoms with Crippen LogP contribution < -0.4 is 0 Å². The molecule has 54 valence electrons. The molecule has 0 unspecified atom stereocenters. The van der Waals surface area contributed by atoms with Gasteiger partial charge in [0.05, 0.1) is 13.2 Å². The quantitative estimate of drug-likeness (QED) is 0.468. The van der Waals surface area contributed by atoms with Crippen molar-refractivity contribution in [3.05, 3.63) is 0 Å². The Morgan fingerprint density at radius 1 is 1.56 bits per heavy atom. The van der Waals surface area contributed by atoms with Crippen LogP contribution in [0.3, 0.4) is 0 Å². The van der Waals surface area contributed by atoms with Gasteiger partial charge in [0, 0.05) is 0 Å². The first-order valence-electron chi connectivity index (χ1n) is 2.83. The molecule has 2 N–H and O–H groups in total. The third kappa shape index (κ3) is 1.62. The van der Waals surface area contributed by atoms with Crippen molar-refractivity contribution in [3.8, 4) is 0 Å². The van der Waals surface area contributed by atoms with Gasteiger partial charge in [-0.3, -0.25) is 0 Å². The molecule has 0 spiro atoms. The lowest BCUT2D eigenvalue weighted by Gasteiger charge is -2.25. The van der Waals surface area contributed by atoms with Gasteiger partial charge in [0.15, 0.2) is 0 Å². The highest BCUT2D eigenvalue weighted by Gasteiger charge is 2.22. The Kier molecular flexibility index (Phi) is 2.41. The van der Waals surface area contributed by atoms with E-state index in [1.807, 2.05) is 0 Å². The maximum atomic E-state index is 8.96. The molecule has 4 nitrogen and oxygen atoms in total. The Labute approximate surface area is 53.0 Å². The zero-order chi connectivity index (χ0) is 6.69. The van der Waals surface area contributed by atoms with Crippen molar-refractivity contribution in [2.75, 3.05) is 20.0 Å². The molecule has 0 radical (unpaired) electrons. The number of ether oxygens (including phenoxy) is 2. The van der Waals surface area contributed by atoms with E-state index in [4.69, 9.17) is 19.7 Å². The van der Waals surface area contributed by atoms with Crippen LogP contribution in [0.5, 0.6) is 0 Å². The Morgan fingerprint density at radius 2 is 2.33 bits per heavy atom. The highest BCUT2D eigenvalue weighted by atomic mass is 16.7. The summed E-state index contributed by atoms with van der Waals surface area (Å²) in [5, 5.41) is 17.5. The molecule has 9 heavy (non-hydrogen) atoms. The smallest absolute Gasteiger partial charge is 0.147 e. The molecule has 4 heteroatoms. The average Bonchev–Trinajstić information content (AvgIpc) is 1.89. The second-order valence-electron chi connectivity index (χ2n) is 1.94. The highest BCUT2D eigenvalue weighted by Crippen LogP contribution is 2.05. The summed E-state index contributed by atoms with van der Waals surface area (Å²) < 4.78 is 9.55. The molecule has 0 aliphatic carbocycles. The van der Waals surface area contributed by atoms with Crippen LogP contribution in [0.2, 0.25) is 0 Å². The fourth-order valence-electron chi connectivity index (χ4n) is 0.697. The van der Waals surface area contributed by atoms with Gasteiger partial charge in [0.2, 0.25) is 0 Å². The molecule has 0 amide bonds. The molecular formula is C5H10O4. The van der Waals surface area contributed by atoms with Gasteiger partial charge in [0.25, 0.3) is 0 Å². The van der Waals surface area contributed by atoms with Crippen LogP contribution in [0.25, 0.3) is 0 Å². The standard InChI is InChI=1S/C5H10O4/c6-1-5-4(7)2-8-3-9-5/h4-7H,1-3H2/t4-,5+/m1/s1. The van der Waals surface area contributed by atoms with Crippen molar-refractivity contribution in [1.29, 1.82) is 0 Å². The van der Waals surface area contributed by atoms with Crippen molar-refractivity contribution in [2.24, 2.45) is 0 Å². The van der Waals surface area contributed by atoms with Gasteiger partial charge in [-0.05, 0) is 0 Å². The van der Waals surface area contributed by atoms with Gasteiger partial charge in [0.1, 0.15) is 19.0 Å². The summed E-state index contributed by atoms with van der Waals surface area (Å²) in [5.74, 6) is 0. The van der Waals surface area contributed by atoms with Crippen molar-refractivity contribution >= 4 is 0 Å². The topological polar surface area (TPSA) is 58.9 Å². The predicted molar refractivity (Wildman–Crippen MR) is 28.8 cm³/mol. The molecule has 1 saturated heterocycles. The van der Waals surface area contributed by atoms with Gasteiger partial charge in [-0.2, -0.15) is 0 Å². The maximum Gasteiger partial charge on any atom is 0.147 e. The second kappa shape index (κ2) is 3.12. The normalized spacial score (nSPS) is 36.7. The molecular weight excluding hydrogens is 124 g/mol. The van der Waals surface area contributed by atoms with Gasteiger partial charge in [-0.15, -0.1) is 0 Å². The minimum Gasteiger partial charge on any atom is -0.394 e. The summed E-state index contributed by atoms with van der Waals surface area (Å²) in [7, 11) is 0. The number of rotatable bonds is 1. The molecule has 0 aromatic rings. The first-order valence-corrected chi connectivity index (χ1v) is 2.83. The lowest BCUT2D eigenvalue weighted by Crippen LogP contribution is -2.40. The van der Waals surface area contributed by atoms with E-state index >= 15 is 0 Å². The largest absolute Gasteiger partial charge is 0.394 e. The van der Waals surface area contributed by atoms with E-state index in [2.05, 4.69) is 0 Å². The first-order chi connectivity index (χ1) is 4.34. The molecule has 1 heterocycles. The van der Waals surface area contributed by atoms with Gasteiger partial charge >= 0.3 is 0 Å². The number of aliphatic hydroxyl groups is 2. The molecule has 0 aromatic heterocycles. The second-order valence-corrected chi connectivity index (χ2v) is 1.94. The summed E-state index contributed by atoms with van der Waals surface area (Å²) in [6.45, 7) is 0.276. The van der Waals surface area contributed by atoms with Crippen LogP contribution in [0.4, 0.5) is 0 Å². The van der Waals surface area contributed by atoms with Crippen LogP contribution in [0.1, 0.15) is 0 Å². The fourth-order valence-corrected chi connectivity index (χ4v) is 0.697. The number of hydrogen-bond donors (Lipinski definition) is 2. The summed E-state index contributed by atoms with van der Waals surface area (Å²) in [4.78, 5) is 0. The predicted octanol–water partition coefficient (Wildman–Crippen LogP) is -1.29. The van der Waals surface area contributed by atoms with Gasteiger partial charge < -0.3 is 19.7 Å². The molecule has 1 fully saturated rings. The van der Waals surface area contributed by atoms with E-state index in [0.29, 0.717) is 0 Å². The summed E-state index contributed by atoms with van der Waals surface area (Å²) in [6.07, 6.45) is -1.14. The molecule has 1 aliphatic heterocycles. The third-order valence-corrected chi connectivity index (χ3v) is 1.26. The average molecular weight is 134 g/mol. The summed E-state index contributed by atoms with van der Waals surface area (Å²) in [5.41, 5.74) is 0. The Balaban J connectivity index is 2.30. The van der Waals surface area contributed by atoms with Crippen LogP contribution in [-0.4, -0.2) is 42.4 Å². The lowest BCUT2D eigenvalue weighted by atomic mass is 10.2. The van der Waals surface area contributed by atoms with Crippen LogP contribution >= 0.6 is 0 Å². The minimum absolute atomic E-state index is 0.148. The SMILES string of the molecule is OC[C@@H]1OCOC[C@H]1O. The summed E-state index contributed by atoms with van der Waals surface area (Å²) >= 11 is 0. The molecule has 0 aromatic carbocycles. The maximum absolute atomic E-state index is 8.96. The van der Waals surface area contributed by atoms with Gasteiger partial charge in [-0.1, -0.05) is 0 Å². The number of aliphatic hydroxyl groups excluding tert-OH is 2. The molecule has 1 rings (SSSR count). The monoisotopic (exact) mass is 134 g/mol. The van der Waals surface area contributed by atoms with E-state index < -0.39 is 12.2 Å². The van der Waals surface area contributed by atoms with Crippen LogP contribution in [-0.2, 0) is 9.47 Å². The molecule has 0 bridgehead atoms. The number of hydrogen-bond acceptors (Lipinski definition) is 4. The van der Waals surface area contributed by atoms with Crippen LogP contribution in [0.15, 0.2) is 0 Å². The third-order valence-electron chi connectivity index (χ3n) is 1.26. The molecule has 0 saturated carbocycles. The molecule has 1 aliphatic rings. The van der Waals surface area contributed by atoms with E-state index in [1.54, 1.807) is 0 Å². The minimum atomic E-state index is -0.677. The summed E-state index contributed by atoms with van der Waals surface area (Å²) in [6, 6.07) is 0. The fraction of sp³-hybridized carbons (Fsp3) is 1.00. The van der Waals surface area contributed by atoms with Crippen molar-refractivity contribution in [3.63, 3.8) is 0 Å².